The van der Waals surface area contributed by atoms with Gasteiger partial charge in [-0.3, -0.25) is 0 Å². The van der Waals surface area contributed by atoms with E-state index in [9.17, 15) is 0 Å². The Kier molecular flexibility index (Phi) is 9.22. The quantitative estimate of drug-likeness (QED) is 0.493. The van der Waals surface area contributed by atoms with E-state index in [2.05, 4.69) is 50.4 Å². The minimum absolute atomic E-state index is 0.571. The maximum Gasteiger partial charge on any atom is 0.161 e. The third-order valence-corrected chi connectivity index (χ3v) is 5.91. The first-order chi connectivity index (χ1) is 14.8. The molecule has 7 heteroatoms. The second kappa shape index (κ2) is 12.1. The number of likely N-dealkylation sites (tertiary alicyclic amines) is 1. The second-order valence-electron chi connectivity index (χ2n) is 7.76. The van der Waals surface area contributed by atoms with Crippen LogP contribution in [0.25, 0.3) is 0 Å². The number of benzene rings is 2. The van der Waals surface area contributed by atoms with Crippen molar-refractivity contribution in [2.45, 2.75) is 25.7 Å². The lowest BCUT2D eigenvalue weighted by Gasteiger charge is -2.25. The molecule has 30 heavy (non-hydrogen) atoms. The van der Waals surface area contributed by atoms with Crippen LogP contribution in [0.15, 0.2) is 42.5 Å². The SMILES string of the molecule is NO.Pc1ccc(OCCC(Cc2ccc3c(c2)OCCO3)CN2CCCC2)cc1. The summed E-state index contributed by atoms with van der Waals surface area (Å²) < 4.78 is 17.4. The summed E-state index contributed by atoms with van der Waals surface area (Å²) in [5.41, 5.74) is 1.32. The molecular weight excluding hydrogens is 399 g/mol. The van der Waals surface area contributed by atoms with Gasteiger partial charge >= 0.3 is 0 Å². The van der Waals surface area contributed by atoms with Crippen molar-refractivity contribution in [2.24, 2.45) is 11.8 Å². The lowest BCUT2D eigenvalue weighted by Crippen LogP contribution is -2.29. The molecule has 0 aliphatic carbocycles. The molecule has 3 N–H and O–H groups in total. The molecule has 1 fully saturated rings. The van der Waals surface area contributed by atoms with Crippen molar-refractivity contribution < 1.29 is 19.4 Å². The van der Waals surface area contributed by atoms with Crippen LogP contribution in [0.1, 0.15) is 24.8 Å². The third kappa shape index (κ3) is 6.85. The Morgan fingerprint density at radius 2 is 1.70 bits per heavy atom. The van der Waals surface area contributed by atoms with E-state index in [0.717, 1.165) is 43.2 Å². The van der Waals surface area contributed by atoms with Crippen LogP contribution in [0, 0.1) is 5.92 Å². The molecule has 2 aromatic carbocycles. The zero-order chi connectivity index (χ0) is 21.2. The predicted molar refractivity (Wildman–Crippen MR) is 122 cm³/mol. The van der Waals surface area contributed by atoms with Crippen molar-refractivity contribution in [2.75, 3.05) is 39.5 Å². The number of hydrogen-bond donors (Lipinski definition) is 2. The second-order valence-corrected chi connectivity index (χ2v) is 8.43. The molecule has 1 saturated heterocycles. The fourth-order valence-electron chi connectivity index (χ4n) is 4.04. The van der Waals surface area contributed by atoms with Gasteiger partial charge in [-0.15, -0.1) is 9.24 Å². The minimum Gasteiger partial charge on any atom is -0.494 e. The molecule has 2 heterocycles. The third-order valence-electron chi connectivity index (χ3n) is 5.52. The number of ether oxygens (including phenoxy) is 3. The van der Waals surface area contributed by atoms with Crippen LogP contribution >= 0.6 is 9.24 Å². The monoisotopic (exact) mass is 432 g/mol. The molecule has 6 nitrogen and oxygen atoms in total. The van der Waals surface area contributed by atoms with E-state index in [1.165, 1.54) is 36.8 Å². The van der Waals surface area contributed by atoms with Gasteiger partial charge in [-0.25, -0.2) is 5.90 Å². The van der Waals surface area contributed by atoms with Gasteiger partial charge in [0.2, 0.25) is 0 Å². The molecule has 164 valence electrons. The number of nitrogens with zero attached hydrogens (tertiary/aromatic N) is 1. The molecule has 2 atom stereocenters. The van der Waals surface area contributed by atoms with Gasteiger partial charge in [-0.05, 0) is 79.8 Å². The Labute approximate surface area is 181 Å². The van der Waals surface area contributed by atoms with Crippen LogP contribution in [-0.4, -0.2) is 49.6 Å². The normalized spacial score (nSPS) is 16.5. The lowest BCUT2D eigenvalue weighted by molar-refractivity contribution is 0.171. The zero-order valence-corrected chi connectivity index (χ0v) is 18.6. The Hall–Kier alpha value is -1.85. The summed E-state index contributed by atoms with van der Waals surface area (Å²) >= 11 is 0. The number of rotatable bonds is 8. The summed E-state index contributed by atoms with van der Waals surface area (Å²) in [7, 11) is 2.71. The van der Waals surface area contributed by atoms with Gasteiger partial charge in [-0.1, -0.05) is 18.2 Å². The van der Waals surface area contributed by atoms with Crippen LogP contribution in [0.5, 0.6) is 17.2 Å². The highest BCUT2D eigenvalue weighted by Gasteiger charge is 2.19. The fraction of sp³-hybridized carbons (Fsp3) is 0.478. The van der Waals surface area contributed by atoms with Crippen molar-refractivity contribution >= 4 is 14.5 Å². The Morgan fingerprint density at radius 3 is 2.43 bits per heavy atom. The molecule has 0 bridgehead atoms. The van der Waals surface area contributed by atoms with Gasteiger partial charge in [-0.2, -0.15) is 0 Å². The molecule has 0 amide bonds. The van der Waals surface area contributed by atoms with E-state index in [1.807, 2.05) is 12.1 Å². The van der Waals surface area contributed by atoms with Gasteiger partial charge in [0.15, 0.2) is 11.5 Å². The summed E-state index contributed by atoms with van der Waals surface area (Å²) in [6.07, 6.45) is 4.75. The van der Waals surface area contributed by atoms with Gasteiger partial charge in [0, 0.05) is 6.54 Å². The summed E-state index contributed by atoms with van der Waals surface area (Å²) in [6, 6.07) is 14.6. The smallest absolute Gasteiger partial charge is 0.161 e. The van der Waals surface area contributed by atoms with Gasteiger partial charge in [0.25, 0.3) is 0 Å². The number of nitrogens with two attached hydrogens (primary N) is 1. The minimum atomic E-state index is 0.571. The fourth-order valence-corrected chi connectivity index (χ4v) is 4.24. The molecule has 2 aromatic rings. The van der Waals surface area contributed by atoms with E-state index < -0.39 is 0 Å². The first kappa shape index (κ1) is 22.8. The van der Waals surface area contributed by atoms with E-state index in [0.29, 0.717) is 19.1 Å². The van der Waals surface area contributed by atoms with E-state index in [1.54, 1.807) is 0 Å². The van der Waals surface area contributed by atoms with Crippen molar-refractivity contribution in [1.82, 2.24) is 4.90 Å². The van der Waals surface area contributed by atoms with E-state index in [-0.39, 0.29) is 0 Å². The van der Waals surface area contributed by atoms with Crippen molar-refractivity contribution in [1.29, 1.82) is 0 Å². The Balaban J connectivity index is 0.00000124. The first-order valence-corrected chi connectivity index (χ1v) is 11.2. The van der Waals surface area contributed by atoms with Gasteiger partial charge in [0.1, 0.15) is 19.0 Å². The number of hydrogen-bond acceptors (Lipinski definition) is 6. The van der Waals surface area contributed by atoms with Crippen LogP contribution < -0.4 is 25.4 Å². The maximum absolute atomic E-state index is 6.50. The maximum atomic E-state index is 6.50. The summed E-state index contributed by atoms with van der Waals surface area (Å²) in [5.74, 6) is 6.77. The van der Waals surface area contributed by atoms with Crippen LogP contribution in [0.3, 0.4) is 0 Å². The zero-order valence-electron chi connectivity index (χ0n) is 17.5. The molecule has 0 saturated carbocycles. The predicted octanol–water partition coefficient (Wildman–Crippen LogP) is 3.02. The molecule has 0 aromatic heterocycles. The summed E-state index contributed by atoms with van der Waals surface area (Å²) in [4.78, 5) is 2.60. The lowest BCUT2D eigenvalue weighted by atomic mass is 9.95. The van der Waals surface area contributed by atoms with Crippen LogP contribution in [0.4, 0.5) is 0 Å². The average molecular weight is 433 g/mol. The topological polar surface area (TPSA) is 77.2 Å². The van der Waals surface area contributed by atoms with Crippen molar-refractivity contribution in [3.63, 3.8) is 0 Å². The molecule has 0 radical (unpaired) electrons. The molecule has 4 rings (SSSR count). The number of fused-ring (bicyclic) bond motifs is 1. The van der Waals surface area contributed by atoms with Crippen molar-refractivity contribution in [3.8, 4) is 17.2 Å². The van der Waals surface area contributed by atoms with Crippen LogP contribution in [0.2, 0.25) is 0 Å². The molecule has 0 spiro atoms. The van der Waals surface area contributed by atoms with Crippen LogP contribution in [-0.2, 0) is 6.42 Å². The molecule has 2 aliphatic heterocycles. The first-order valence-electron chi connectivity index (χ1n) is 10.6. The Morgan fingerprint density at radius 1 is 1.00 bits per heavy atom. The largest absolute Gasteiger partial charge is 0.494 e. The van der Waals surface area contributed by atoms with Gasteiger partial charge in [0.05, 0.1) is 6.61 Å². The van der Waals surface area contributed by atoms with Crippen molar-refractivity contribution in [3.05, 3.63) is 48.0 Å². The highest BCUT2D eigenvalue weighted by atomic mass is 31.0. The molecule has 2 aliphatic rings. The Bertz CT molecular complexity index is 766. The highest BCUT2D eigenvalue weighted by Crippen LogP contribution is 2.32. The summed E-state index contributed by atoms with van der Waals surface area (Å²) in [6.45, 7) is 5.62. The van der Waals surface area contributed by atoms with E-state index in [4.69, 9.17) is 19.4 Å². The molecular formula is C23H33N2O4P. The summed E-state index contributed by atoms with van der Waals surface area (Å²) in [5, 5.41) is 7.68. The molecule has 2 unspecified atom stereocenters. The average Bonchev–Trinajstić information content (AvgIpc) is 3.29. The standard InChI is InChI=1S/C23H30NO3P.H3NO/c28-21-6-4-20(5-7-21)25-12-9-19(17-24-10-1-2-11-24)15-18-3-8-22-23(16-18)27-14-13-26-22;1-2/h3-8,16,19H,1-2,9-15,17,28H2;2H,1H2. The van der Waals surface area contributed by atoms with E-state index >= 15 is 0 Å². The van der Waals surface area contributed by atoms with Gasteiger partial charge < -0.3 is 24.3 Å². The highest BCUT2D eigenvalue weighted by molar-refractivity contribution is 7.27.